The topological polar surface area (TPSA) is 38.0 Å². The molecule has 0 aromatic heterocycles. The second-order valence-corrected chi connectivity index (χ2v) is 6.51. The standard InChI is InChI=1S/C18H23BrN2/c1-11-5-6-12(2)16(7-11)17(10-20)21-15-8-13(3)18(19)14(4)9-15/h5-9,17,21H,10,20H2,1-4H3. The maximum absolute atomic E-state index is 6.01. The van der Waals surface area contributed by atoms with Crippen LogP contribution in [0, 0.1) is 27.7 Å². The molecule has 3 N–H and O–H groups in total. The van der Waals surface area contributed by atoms with Gasteiger partial charge in [-0.2, -0.15) is 0 Å². The Bertz CT molecular complexity index is 627. The lowest BCUT2D eigenvalue weighted by atomic mass is 9.98. The van der Waals surface area contributed by atoms with Gasteiger partial charge < -0.3 is 11.1 Å². The van der Waals surface area contributed by atoms with Crippen LogP contribution in [0.3, 0.4) is 0 Å². The van der Waals surface area contributed by atoms with Crippen LogP contribution < -0.4 is 11.1 Å². The number of aryl methyl sites for hydroxylation is 4. The van der Waals surface area contributed by atoms with Crippen molar-refractivity contribution in [2.75, 3.05) is 11.9 Å². The van der Waals surface area contributed by atoms with Crippen molar-refractivity contribution in [3.63, 3.8) is 0 Å². The summed E-state index contributed by atoms with van der Waals surface area (Å²) in [7, 11) is 0. The summed E-state index contributed by atoms with van der Waals surface area (Å²) in [5, 5.41) is 3.58. The molecule has 2 aromatic carbocycles. The minimum Gasteiger partial charge on any atom is -0.377 e. The molecule has 21 heavy (non-hydrogen) atoms. The van der Waals surface area contributed by atoms with Gasteiger partial charge in [-0.15, -0.1) is 0 Å². The lowest BCUT2D eigenvalue weighted by Crippen LogP contribution is -2.21. The van der Waals surface area contributed by atoms with Gasteiger partial charge in [0, 0.05) is 16.7 Å². The summed E-state index contributed by atoms with van der Waals surface area (Å²) >= 11 is 3.61. The Hall–Kier alpha value is -1.32. The van der Waals surface area contributed by atoms with Crippen LogP contribution in [0.2, 0.25) is 0 Å². The fourth-order valence-corrected chi connectivity index (χ4v) is 2.86. The molecule has 0 aliphatic heterocycles. The maximum Gasteiger partial charge on any atom is 0.0638 e. The van der Waals surface area contributed by atoms with Crippen molar-refractivity contribution in [3.05, 3.63) is 62.6 Å². The molecular formula is C18H23BrN2. The molecule has 0 spiro atoms. The van der Waals surface area contributed by atoms with Gasteiger partial charge in [0.1, 0.15) is 0 Å². The number of hydrogen-bond acceptors (Lipinski definition) is 2. The van der Waals surface area contributed by atoms with Crippen LogP contribution in [0.25, 0.3) is 0 Å². The molecule has 1 atom stereocenters. The van der Waals surface area contributed by atoms with Gasteiger partial charge in [0.25, 0.3) is 0 Å². The Morgan fingerprint density at radius 3 is 2.19 bits per heavy atom. The number of nitrogens with one attached hydrogen (secondary N) is 1. The molecule has 112 valence electrons. The molecule has 2 aromatic rings. The molecule has 0 radical (unpaired) electrons. The molecule has 2 nitrogen and oxygen atoms in total. The summed E-state index contributed by atoms with van der Waals surface area (Å²) in [4.78, 5) is 0. The van der Waals surface area contributed by atoms with Crippen molar-refractivity contribution in [3.8, 4) is 0 Å². The quantitative estimate of drug-likeness (QED) is 0.834. The van der Waals surface area contributed by atoms with Gasteiger partial charge in [0.05, 0.1) is 6.04 Å². The SMILES string of the molecule is Cc1ccc(C)c(C(CN)Nc2cc(C)c(Br)c(C)c2)c1. The number of anilines is 1. The fourth-order valence-electron chi connectivity index (χ4n) is 2.63. The third-order valence-electron chi connectivity index (χ3n) is 3.82. The summed E-state index contributed by atoms with van der Waals surface area (Å²) in [5.41, 5.74) is 13.4. The summed E-state index contributed by atoms with van der Waals surface area (Å²) in [6.07, 6.45) is 0. The van der Waals surface area contributed by atoms with Crippen LogP contribution in [-0.2, 0) is 0 Å². The first-order valence-electron chi connectivity index (χ1n) is 7.23. The zero-order chi connectivity index (χ0) is 15.6. The first-order chi connectivity index (χ1) is 9.92. The van der Waals surface area contributed by atoms with Gasteiger partial charge >= 0.3 is 0 Å². The first kappa shape index (κ1) is 16.1. The molecule has 0 heterocycles. The molecule has 1 unspecified atom stereocenters. The highest BCUT2D eigenvalue weighted by atomic mass is 79.9. The zero-order valence-corrected chi connectivity index (χ0v) is 14.7. The van der Waals surface area contributed by atoms with Crippen LogP contribution in [0.5, 0.6) is 0 Å². The van der Waals surface area contributed by atoms with Gasteiger partial charge in [-0.25, -0.2) is 0 Å². The molecule has 0 saturated heterocycles. The third-order valence-corrected chi connectivity index (χ3v) is 5.07. The molecule has 2 rings (SSSR count). The Labute approximate surface area is 135 Å². The molecule has 3 heteroatoms. The lowest BCUT2D eigenvalue weighted by Gasteiger charge is -2.22. The number of halogens is 1. The molecule has 0 aliphatic carbocycles. The minimum atomic E-state index is 0.130. The van der Waals surface area contributed by atoms with Gasteiger partial charge in [-0.05, 0) is 62.1 Å². The largest absolute Gasteiger partial charge is 0.377 e. The van der Waals surface area contributed by atoms with E-state index in [9.17, 15) is 0 Å². The van der Waals surface area contributed by atoms with Gasteiger partial charge in [-0.1, -0.05) is 39.7 Å². The van der Waals surface area contributed by atoms with Crippen molar-refractivity contribution in [2.45, 2.75) is 33.7 Å². The second kappa shape index (κ2) is 6.63. The molecule has 0 amide bonds. The van der Waals surface area contributed by atoms with E-state index in [-0.39, 0.29) is 6.04 Å². The van der Waals surface area contributed by atoms with E-state index in [1.165, 1.54) is 32.3 Å². The monoisotopic (exact) mass is 346 g/mol. The molecule has 0 saturated carbocycles. The van der Waals surface area contributed by atoms with E-state index in [2.05, 4.69) is 79.3 Å². The average Bonchev–Trinajstić information content (AvgIpc) is 2.45. The first-order valence-corrected chi connectivity index (χ1v) is 8.02. The Kier molecular flexibility index (Phi) is 5.07. The van der Waals surface area contributed by atoms with Crippen molar-refractivity contribution in [2.24, 2.45) is 5.73 Å². The van der Waals surface area contributed by atoms with Crippen LogP contribution in [0.15, 0.2) is 34.8 Å². The summed E-state index contributed by atoms with van der Waals surface area (Å²) in [5.74, 6) is 0. The van der Waals surface area contributed by atoms with Gasteiger partial charge in [0.15, 0.2) is 0 Å². The highest BCUT2D eigenvalue weighted by molar-refractivity contribution is 9.10. The molecule has 0 bridgehead atoms. The van der Waals surface area contributed by atoms with Crippen molar-refractivity contribution >= 4 is 21.6 Å². The van der Waals surface area contributed by atoms with Crippen LogP contribution in [0.1, 0.15) is 33.9 Å². The van der Waals surface area contributed by atoms with Gasteiger partial charge in [0.2, 0.25) is 0 Å². The fraction of sp³-hybridized carbons (Fsp3) is 0.333. The number of nitrogens with two attached hydrogens (primary N) is 1. The second-order valence-electron chi connectivity index (χ2n) is 5.72. The zero-order valence-electron chi connectivity index (χ0n) is 13.1. The average molecular weight is 347 g/mol. The summed E-state index contributed by atoms with van der Waals surface area (Å²) in [6.45, 7) is 9.04. The normalized spacial score (nSPS) is 12.3. The van der Waals surface area contributed by atoms with E-state index in [1.807, 2.05) is 0 Å². The summed E-state index contributed by atoms with van der Waals surface area (Å²) < 4.78 is 1.17. The highest BCUT2D eigenvalue weighted by Crippen LogP contribution is 2.28. The van der Waals surface area contributed by atoms with Crippen LogP contribution in [0.4, 0.5) is 5.69 Å². The van der Waals surface area contributed by atoms with Gasteiger partial charge in [-0.3, -0.25) is 0 Å². The van der Waals surface area contributed by atoms with E-state index >= 15 is 0 Å². The van der Waals surface area contributed by atoms with E-state index in [0.717, 1.165) is 5.69 Å². The predicted molar refractivity (Wildman–Crippen MR) is 95.0 cm³/mol. The molecular weight excluding hydrogens is 324 g/mol. The Balaban J connectivity index is 2.33. The smallest absolute Gasteiger partial charge is 0.0638 e. The Morgan fingerprint density at radius 1 is 1.00 bits per heavy atom. The van der Waals surface area contributed by atoms with Crippen molar-refractivity contribution in [1.29, 1.82) is 0 Å². The van der Waals surface area contributed by atoms with Crippen molar-refractivity contribution < 1.29 is 0 Å². The Morgan fingerprint density at radius 2 is 1.62 bits per heavy atom. The van der Waals surface area contributed by atoms with Crippen molar-refractivity contribution in [1.82, 2.24) is 0 Å². The predicted octanol–water partition coefficient (Wildman–Crippen LogP) is 4.79. The highest BCUT2D eigenvalue weighted by Gasteiger charge is 2.13. The number of rotatable bonds is 4. The van der Waals surface area contributed by atoms with E-state index in [4.69, 9.17) is 5.73 Å². The third kappa shape index (κ3) is 3.66. The van der Waals surface area contributed by atoms with E-state index < -0.39 is 0 Å². The lowest BCUT2D eigenvalue weighted by molar-refractivity contribution is 0.782. The van der Waals surface area contributed by atoms with E-state index in [1.54, 1.807) is 0 Å². The number of hydrogen-bond donors (Lipinski definition) is 2. The minimum absolute atomic E-state index is 0.130. The molecule has 0 fully saturated rings. The van der Waals surface area contributed by atoms with Crippen LogP contribution >= 0.6 is 15.9 Å². The van der Waals surface area contributed by atoms with Crippen LogP contribution in [-0.4, -0.2) is 6.54 Å². The maximum atomic E-state index is 6.01. The summed E-state index contributed by atoms with van der Waals surface area (Å²) in [6, 6.07) is 11.0. The van der Waals surface area contributed by atoms with E-state index in [0.29, 0.717) is 6.54 Å². The number of benzene rings is 2. The molecule has 0 aliphatic rings.